The zero-order chi connectivity index (χ0) is 19.1. The number of carbonyl (C=O) groups excluding carboxylic acids is 1. The second kappa shape index (κ2) is 9.41. The van der Waals surface area contributed by atoms with Crippen LogP contribution < -0.4 is 21.9 Å². The van der Waals surface area contributed by atoms with Crippen molar-refractivity contribution >= 4 is 17.4 Å². The van der Waals surface area contributed by atoms with E-state index in [2.05, 4.69) is 4.98 Å². The van der Waals surface area contributed by atoms with E-state index >= 15 is 0 Å². The number of carbonyl (C=O) groups is 1. The molecule has 0 saturated carbocycles. The summed E-state index contributed by atoms with van der Waals surface area (Å²) >= 11 is 0. The Morgan fingerprint density at radius 1 is 1.32 bits per heavy atom. The van der Waals surface area contributed by atoms with E-state index in [1.807, 2.05) is 27.7 Å². The summed E-state index contributed by atoms with van der Waals surface area (Å²) in [6, 6.07) is 0. The van der Waals surface area contributed by atoms with Crippen molar-refractivity contribution < 1.29 is 9.53 Å². The number of H-pyrrole nitrogens is 1. The first-order valence-electron chi connectivity index (χ1n) is 8.67. The summed E-state index contributed by atoms with van der Waals surface area (Å²) in [6.45, 7) is 8.49. The van der Waals surface area contributed by atoms with Crippen LogP contribution in [0.5, 0.6) is 0 Å². The van der Waals surface area contributed by atoms with Gasteiger partial charge in [-0.1, -0.05) is 34.1 Å². The van der Waals surface area contributed by atoms with Crippen LogP contribution in [0.1, 0.15) is 40.5 Å². The molecule has 1 unspecified atom stereocenters. The van der Waals surface area contributed by atoms with Gasteiger partial charge in [-0.05, 0) is 12.3 Å². The summed E-state index contributed by atoms with van der Waals surface area (Å²) in [5.74, 6) is -0.298. The molecule has 8 nitrogen and oxygen atoms in total. The van der Waals surface area contributed by atoms with Crippen LogP contribution in [0.4, 0.5) is 11.5 Å². The lowest BCUT2D eigenvalue weighted by molar-refractivity contribution is -0.122. The van der Waals surface area contributed by atoms with Crippen molar-refractivity contribution in [2.45, 2.75) is 47.1 Å². The van der Waals surface area contributed by atoms with E-state index < -0.39 is 11.2 Å². The van der Waals surface area contributed by atoms with Gasteiger partial charge < -0.3 is 15.4 Å². The Morgan fingerprint density at radius 3 is 2.48 bits per heavy atom. The highest BCUT2D eigenvalue weighted by Gasteiger charge is 2.27. The van der Waals surface area contributed by atoms with Crippen molar-refractivity contribution in [3.8, 4) is 0 Å². The molecule has 0 spiro atoms. The van der Waals surface area contributed by atoms with Crippen LogP contribution in [0.25, 0.3) is 0 Å². The van der Waals surface area contributed by atoms with Crippen LogP contribution in [0.3, 0.4) is 0 Å². The quantitative estimate of drug-likeness (QED) is 0.692. The molecule has 1 atom stereocenters. The number of nitrogens with one attached hydrogen (secondary N) is 1. The highest BCUT2D eigenvalue weighted by atomic mass is 16.5. The Labute approximate surface area is 148 Å². The number of aromatic amines is 1. The Kier molecular flexibility index (Phi) is 7.89. The number of methoxy groups -OCH3 is 1. The van der Waals surface area contributed by atoms with Crippen molar-refractivity contribution in [1.29, 1.82) is 0 Å². The molecule has 0 aliphatic rings. The Bertz CT molecular complexity index is 693. The first-order chi connectivity index (χ1) is 11.7. The molecular weight excluding hydrogens is 324 g/mol. The Hall–Kier alpha value is -2.09. The van der Waals surface area contributed by atoms with Crippen LogP contribution in [0, 0.1) is 11.8 Å². The number of aromatic nitrogens is 2. The SMILES string of the molecule is CCCC(C)C(=O)N(CCOC)c1c(N)n(CC(C)C)c(=O)[nH]c1=O. The van der Waals surface area contributed by atoms with Crippen LogP contribution in [0.2, 0.25) is 0 Å². The minimum Gasteiger partial charge on any atom is -0.383 e. The van der Waals surface area contributed by atoms with Gasteiger partial charge in [0.15, 0.2) is 5.69 Å². The second-order valence-electron chi connectivity index (χ2n) is 6.67. The van der Waals surface area contributed by atoms with Crippen molar-refractivity contribution in [2.75, 3.05) is 30.9 Å². The summed E-state index contributed by atoms with van der Waals surface area (Å²) < 4.78 is 6.37. The molecule has 3 N–H and O–H groups in total. The molecule has 1 aromatic rings. The second-order valence-corrected chi connectivity index (χ2v) is 6.67. The third-order valence-corrected chi connectivity index (χ3v) is 3.96. The fraction of sp³-hybridized carbons (Fsp3) is 0.706. The lowest BCUT2D eigenvalue weighted by Gasteiger charge is -2.27. The van der Waals surface area contributed by atoms with Crippen molar-refractivity contribution in [1.82, 2.24) is 9.55 Å². The number of anilines is 2. The van der Waals surface area contributed by atoms with E-state index in [-0.39, 0.29) is 42.4 Å². The van der Waals surface area contributed by atoms with E-state index in [1.54, 1.807) is 0 Å². The Morgan fingerprint density at radius 2 is 1.96 bits per heavy atom. The monoisotopic (exact) mass is 354 g/mol. The van der Waals surface area contributed by atoms with Crippen LogP contribution in [0.15, 0.2) is 9.59 Å². The van der Waals surface area contributed by atoms with Crippen molar-refractivity contribution in [3.05, 3.63) is 20.8 Å². The van der Waals surface area contributed by atoms with Crippen molar-refractivity contribution in [3.63, 3.8) is 0 Å². The minimum absolute atomic E-state index is 0.00982. The lowest BCUT2D eigenvalue weighted by Crippen LogP contribution is -2.44. The fourth-order valence-corrected chi connectivity index (χ4v) is 2.72. The highest BCUT2D eigenvalue weighted by Crippen LogP contribution is 2.21. The van der Waals surface area contributed by atoms with Gasteiger partial charge >= 0.3 is 5.69 Å². The number of hydrogen-bond donors (Lipinski definition) is 2. The predicted molar refractivity (Wildman–Crippen MR) is 98.9 cm³/mol. The molecule has 0 aliphatic carbocycles. The first-order valence-corrected chi connectivity index (χ1v) is 8.67. The lowest BCUT2D eigenvalue weighted by atomic mass is 10.0. The molecule has 1 aromatic heterocycles. The summed E-state index contributed by atoms with van der Waals surface area (Å²) in [7, 11) is 1.52. The normalized spacial score (nSPS) is 12.4. The maximum absolute atomic E-state index is 12.8. The number of nitrogen functional groups attached to an aromatic ring is 1. The third-order valence-electron chi connectivity index (χ3n) is 3.96. The topological polar surface area (TPSA) is 110 Å². The molecule has 0 aromatic carbocycles. The number of ether oxygens (including phenoxy) is 1. The van der Waals surface area contributed by atoms with E-state index in [1.165, 1.54) is 16.6 Å². The molecular formula is C17H30N4O4. The fourth-order valence-electron chi connectivity index (χ4n) is 2.72. The largest absolute Gasteiger partial charge is 0.383 e. The van der Waals surface area contributed by atoms with E-state index in [0.717, 1.165) is 6.42 Å². The van der Waals surface area contributed by atoms with Gasteiger partial charge in [-0.3, -0.25) is 19.1 Å². The van der Waals surface area contributed by atoms with Crippen LogP contribution in [-0.4, -0.2) is 35.7 Å². The number of amides is 1. The number of rotatable bonds is 9. The van der Waals surface area contributed by atoms with Gasteiger partial charge in [-0.15, -0.1) is 0 Å². The zero-order valence-corrected chi connectivity index (χ0v) is 15.8. The third kappa shape index (κ3) is 5.19. The first kappa shape index (κ1) is 21.0. The smallest absolute Gasteiger partial charge is 0.330 e. The molecule has 0 saturated heterocycles. The van der Waals surface area contributed by atoms with Gasteiger partial charge in [0.25, 0.3) is 5.56 Å². The standard InChI is InChI=1S/C17H30N4O4/c1-6-7-12(4)16(23)20(8-9-25-5)13-14(18)21(10-11(2)3)17(24)19-15(13)22/h11-12H,6-10,18H2,1-5H3,(H,19,22,24). The molecule has 0 bridgehead atoms. The molecule has 0 fully saturated rings. The molecule has 25 heavy (non-hydrogen) atoms. The van der Waals surface area contributed by atoms with Gasteiger partial charge in [-0.2, -0.15) is 0 Å². The van der Waals surface area contributed by atoms with E-state index in [0.29, 0.717) is 13.0 Å². The molecule has 1 amide bonds. The summed E-state index contributed by atoms with van der Waals surface area (Å²) in [5.41, 5.74) is 4.92. The zero-order valence-electron chi connectivity index (χ0n) is 15.8. The van der Waals surface area contributed by atoms with Gasteiger partial charge in [0.2, 0.25) is 5.91 Å². The molecule has 1 rings (SSSR count). The number of hydrogen-bond acceptors (Lipinski definition) is 5. The van der Waals surface area contributed by atoms with Gasteiger partial charge in [0.05, 0.1) is 6.61 Å². The summed E-state index contributed by atoms with van der Waals surface area (Å²) in [4.78, 5) is 40.9. The summed E-state index contributed by atoms with van der Waals surface area (Å²) in [5, 5.41) is 0. The number of nitrogens with two attached hydrogens (primary N) is 1. The maximum Gasteiger partial charge on any atom is 0.330 e. The molecule has 0 aliphatic heterocycles. The average molecular weight is 354 g/mol. The molecule has 1 heterocycles. The Balaban J connectivity index is 3.45. The molecule has 0 radical (unpaired) electrons. The van der Waals surface area contributed by atoms with Gasteiger partial charge in [-0.25, -0.2) is 4.79 Å². The van der Waals surface area contributed by atoms with Crippen LogP contribution >= 0.6 is 0 Å². The maximum atomic E-state index is 12.8. The van der Waals surface area contributed by atoms with Crippen LogP contribution in [-0.2, 0) is 16.1 Å². The van der Waals surface area contributed by atoms with Gasteiger partial charge in [0, 0.05) is 26.1 Å². The van der Waals surface area contributed by atoms with Gasteiger partial charge in [0.1, 0.15) is 5.82 Å². The minimum atomic E-state index is -0.657. The van der Waals surface area contributed by atoms with Crippen molar-refractivity contribution in [2.24, 2.45) is 11.8 Å². The number of nitrogens with zero attached hydrogens (tertiary/aromatic N) is 2. The summed E-state index contributed by atoms with van der Waals surface area (Å²) in [6.07, 6.45) is 1.55. The van der Waals surface area contributed by atoms with E-state index in [9.17, 15) is 14.4 Å². The average Bonchev–Trinajstić information content (AvgIpc) is 2.53. The molecule has 142 valence electrons. The highest BCUT2D eigenvalue weighted by molar-refractivity contribution is 5.96. The van der Waals surface area contributed by atoms with E-state index in [4.69, 9.17) is 10.5 Å². The molecule has 8 heteroatoms. The predicted octanol–water partition coefficient (Wildman–Crippen LogP) is 1.19.